The Kier molecular flexibility index (Phi) is 8.11. The lowest BCUT2D eigenvalue weighted by Crippen LogP contribution is -2.56. The molecule has 0 bridgehead atoms. The molecule has 0 amide bonds. The van der Waals surface area contributed by atoms with Gasteiger partial charge in [-0.25, -0.2) is 44.7 Å². The van der Waals surface area contributed by atoms with E-state index in [9.17, 15) is 34.8 Å². The number of aromatic nitrogens is 2. The molecule has 0 unspecified atom stereocenters. The van der Waals surface area contributed by atoms with Gasteiger partial charge in [-0.3, -0.25) is 4.98 Å². The summed E-state index contributed by atoms with van der Waals surface area (Å²) in [5.74, 6) is -12.3. The van der Waals surface area contributed by atoms with Crippen LogP contribution in [0.15, 0.2) is 28.2 Å². The van der Waals surface area contributed by atoms with Gasteiger partial charge in [-0.15, -0.1) is 0 Å². The third kappa shape index (κ3) is 5.10. The van der Waals surface area contributed by atoms with Crippen molar-refractivity contribution in [1.82, 2.24) is 19.2 Å². The van der Waals surface area contributed by atoms with Gasteiger partial charge in [-0.2, -0.15) is 4.31 Å². The predicted molar refractivity (Wildman–Crippen MR) is 147 cm³/mol. The maximum absolute atomic E-state index is 14.8. The summed E-state index contributed by atoms with van der Waals surface area (Å²) < 4.78 is 112. The van der Waals surface area contributed by atoms with Gasteiger partial charge in [0, 0.05) is 31.9 Å². The van der Waals surface area contributed by atoms with Crippen LogP contribution in [-0.4, -0.2) is 65.8 Å². The zero-order valence-electron chi connectivity index (χ0n) is 23.3. The minimum Gasteiger partial charge on any atom is -0.351 e. The quantitative estimate of drug-likeness (QED) is 0.158. The van der Waals surface area contributed by atoms with Gasteiger partial charge >= 0.3 is 0 Å². The van der Waals surface area contributed by atoms with E-state index >= 15 is 0 Å². The molecule has 2 aromatic heterocycles. The van der Waals surface area contributed by atoms with Crippen molar-refractivity contribution in [2.24, 2.45) is 4.99 Å². The van der Waals surface area contributed by atoms with E-state index in [1.807, 2.05) is 26.8 Å². The molecule has 16 heteroatoms. The standard InChI is InChI=1S/C27H25ClF6N6O2S/c1-12(2)22-23(13(3)5-6-35-22)40-11-36-26(15-9-16(29)25(28)37-27(15)40)39-8-7-38(10-14(39)4)43(41,42)24-20(33)18(31)17(30)19(32)21(24)34/h5-6,9,12,14H,7-8,10-11H2,1-4H3/t14-/m0/s1. The van der Waals surface area contributed by atoms with Crippen LogP contribution in [0.3, 0.4) is 0 Å². The van der Waals surface area contributed by atoms with Crippen LogP contribution in [0.25, 0.3) is 0 Å². The third-order valence-electron chi connectivity index (χ3n) is 7.37. The normalized spacial score (nSPS) is 17.9. The second-order valence-electron chi connectivity index (χ2n) is 10.5. The van der Waals surface area contributed by atoms with Crippen LogP contribution in [0.1, 0.15) is 43.5 Å². The molecule has 2 aliphatic rings. The zero-order chi connectivity index (χ0) is 31.5. The van der Waals surface area contributed by atoms with Crippen molar-refractivity contribution < 1.29 is 34.8 Å². The number of sulfonamides is 1. The number of hydrogen-bond acceptors (Lipinski definition) is 7. The lowest BCUT2D eigenvalue weighted by atomic mass is 10.0. The minimum absolute atomic E-state index is 0.0208. The lowest BCUT2D eigenvalue weighted by Gasteiger charge is -2.43. The second kappa shape index (κ2) is 11.2. The van der Waals surface area contributed by atoms with Crippen LogP contribution in [0.5, 0.6) is 0 Å². The number of pyridine rings is 2. The van der Waals surface area contributed by atoms with E-state index < -0.39 is 69.0 Å². The van der Waals surface area contributed by atoms with Gasteiger partial charge in [-0.05, 0) is 37.5 Å². The van der Waals surface area contributed by atoms with Crippen LogP contribution in [0, 0.1) is 41.8 Å². The van der Waals surface area contributed by atoms with E-state index in [-0.39, 0.29) is 41.5 Å². The van der Waals surface area contributed by atoms with Crippen molar-refractivity contribution >= 4 is 39.0 Å². The molecule has 0 spiro atoms. The van der Waals surface area contributed by atoms with Crippen LogP contribution in [0.4, 0.5) is 37.8 Å². The van der Waals surface area contributed by atoms with E-state index in [1.54, 1.807) is 22.9 Å². The monoisotopic (exact) mass is 646 g/mol. The number of rotatable bonds is 4. The van der Waals surface area contributed by atoms with Crippen LogP contribution < -0.4 is 4.90 Å². The summed E-state index contributed by atoms with van der Waals surface area (Å²) in [6, 6.07) is 2.26. The Morgan fingerprint density at radius 3 is 2.23 bits per heavy atom. The first-order chi connectivity index (χ1) is 20.2. The van der Waals surface area contributed by atoms with E-state index in [0.717, 1.165) is 16.9 Å². The highest BCUT2D eigenvalue weighted by Gasteiger charge is 2.41. The van der Waals surface area contributed by atoms with E-state index in [0.29, 0.717) is 4.31 Å². The predicted octanol–water partition coefficient (Wildman–Crippen LogP) is 5.65. The fourth-order valence-corrected chi connectivity index (χ4v) is 7.04. The summed E-state index contributed by atoms with van der Waals surface area (Å²) in [5.41, 5.74) is 2.61. The number of aliphatic imine (C=N–C) groups is 1. The number of fused-ring (bicyclic) bond motifs is 1. The Morgan fingerprint density at radius 1 is 1.00 bits per heavy atom. The van der Waals surface area contributed by atoms with Crippen LogP contribution in [0.2, 0.25) is 5.15 Å². The molecular weight excluding hydrogens is 622 g/mol. The highest BCUT2D eigenvalue weighted by Crippen LogP contribution is 2.39. The van der Waals surface area contributed by atoms with Crippen molar-refractivity contribution in [3.8, 4) is 0 Å². The fraction of sp³-hybridized carbons (Fsp3) is 0.370. The molecule has 0 radical (unpaired) electrons. The Labute approximate surface area is 248 Å². The molecule has 1 saturated heterocycles. The number of halogens is 7. The molecule has 1 aromatic carbocycles. The number of benzene rings is 1. The molecule has 2 aliphatic heterocycles. The molecule has 43 heavy (non-hydrogen) atoms. The van der Waals surface area contributed by atoms with E-state index in [2.05, 4.69) is 15.0 Å². The summed E-state index contributed by atoms with van der Waals surface area (Å²) in [6.07, 6.45) is 1.68. The number of anilines is 2. The summed E-state index contributed by atoms with van der Waals surface area (Å²) in [7, 11) is -5.14. The molecule has 8 nitrogen and oxygen atoms in total. The maximum Gasteiger partial charge on any atom is 0.249 e. The number of piperazine rings is 1. The Balaban J connectivity index is 1.51. The van der Waals surface area contributed by atoms with Crippen molar-refractivity contribution in [2.45, 2.75) is 44.6 Å². The Hall–Kier alpha value is -3.43. The average Bonchev–Trinajstić information content (AvgIpc) is 2.95. The smallest absolute Gasteiger partial charge is 0.249 e. The Bertz CT molecular complexity index is 1740. The molecule has 3 aromatic rings. The molecule has 0 N–H and O–H groups in total. The highest BCUT2D eigenvalue weighted by molar-refractivity contribution is 7.89. The molecule has 5 rings (SSSR count). The van der Waals surface area contributed by atoms with Crippen molar-refractivity contribution in [3.63, 3.8) is 0 Å². The van der Waals surface area contributed by atoms with Gasteiger partial charge in [0.25, 0.3) is 0 Å². The maximum atomic E-state index is 14.8. The fourth-order valence-electron chi connectivity index (χ4n) is 5.28. The highest BCUT2D eigenvalue weighted by atomic mass is 35.5. The summed E-state index contributed by atoms with van der Waals surface area (Å²) in [6.45, 7) is 6.53. The second-order valence-corrected chi connectivity index (χ2v) is 12.7. The zero-order valence-corrected chi connectivity index (χ0v) is 24.8. The number of nitrogens with zero attached hydrogens (tertiary/aromatic N) is 6. The average molecular weight is 647 g/mol. The molecule has 4 heterocycles. The number of hydrogen-bond donors (Lipinski definition) is 0. The topological polar surface area (TPSA) is 82.0 Å². The molecule has 0 saturated carbocycles. The van der Waals surface area contributed by atoms with Crippen molar-refractivity contribution in [1.29, 1.82) is 0 Å². The summed E-state index contributed by atoms with van der Waals surface area (Å²) in [4.78, 5) is 15.0. The van der Waals surface area contributed by atoms with Gasteiger partial charge in [-0.1, -0.05) is 25.4 Å². The van der Waals surface area contributed by atoms with Crippen LogP contribution >= 0.6 is 11.6 Å². The summed E-state index contributed by atoms with van der Waals surface area (Å²) >= 11 is 6.09. The Morgan fingerprint density at radius 2 is 1.63 bits per heavy atom. The molecule has 1 atom stereocenters. The van der Waals surface area contributed by atoms with Gasteiger partial charge < -0.3 is 9.80 Å². The largest absolute Gasteiger partial charge is 0.351 e. The molecule has 230 valence electrons. The van der Waals surface area contributed by atoms with Crippen LogP contribution in [-0.2, 0) is 10.0 Å². The van der Waals surface area contributed by atoms with Gasteiger partial charge in [0.05, 0.1) is 16.9 Å². The first-order valence-corrected chi connectivity index (χ1v) is 14.9. The molecular formula is C27H25ClF6N6O2S. The van der Waals surface area contributed by atoms with Crippen molar-refractivity contribution in [2.75, 3.05) is 31.2 Å². The first kappa shape index (κ1) is 31.0. The SMILES string of the molecule is Cc1ccnc(C(C)C)c1N1CN=C(N2CCN(S(=O)(=O)c3c(F)c(F)c(F)c(F)c3F)C[C@@H]2C)c2cc(F)c(Cl)nc21. The van der Waals surface area contributed by atoms with Gasteiger partial charge in [0.2, 0.25) is 15.8 Å². The van der Waals surface area contributed by atoms with Crippen molar-refractivity contribution in [3.05, 3.63) is 75.2 Å². The van der Waals surface area contributed by atoms with E-state index in [4.69, 9.17) is 11.6 Å². The lowest BCUT2D eigenvalue weighted by molar-refractivity contribution is 0.201. The minimum atomic E-state index is -5.14. The molecule has 1 fully saturated rings. The number of aryl methyl sites for hydroxylation is 1. The van der Waals surface area contributed by atoms with E-state index in [1.165, 1.54) is 6.07 Å². The van der Waals surface area contributed by atoms with Gasteiger partial charge in [0.1, 0.15) is 18.3 Å². The van der Waals surface area contributed by atoms with Gasteiger partial charge in [0.15, 0.2) is 39.1 Å². The first-order valence-electron chi connectivity index (χ1n) is 13.1. The summed E-state index contributed by atoms with van der Waals surface area (Å²) in [5, 5.41) is -0.371. The number of amidine groups is 1. The third-order valence-corrected chi connectivity index (χ3v) is 9.52. The molecule has 0 aliphatic carbocycles.